The molecule has 0 bridgehead atoms. The van der Waals surface area contributed by atoms with Crippen LogP contribution in [0, 0.1) is 0 Å². The average molecular weight is 428 g/mol. The molecule has 0 aromatic heterocycles. The van der Waals surface area contributed by atoms with Crippen LogP contribution in [0.1, 0.15) is 43.2 Å². The predicted octanol–water partition coefficient (Wildman–Crippen LogP) is -3.24. The van der Waals surface area contributed by atoms with Gasteiger partial charge in [-0.15, -0.1) is 0 Å². The maximum Gasteiger partial charge on any atom is -1.00 e. The number of halogens is 3. The average Bonchev–Trinajstić information content (AvgIpc) is 2.92. The molecule has 3 rings (SSSR count). The second-order valence-electron chi connectivity index (χ2n) is 5.84. The molecule has 0 N–H and O–H groups in total. The van der Waals surface area contributed by atoms with Gasteiger partial charge in [0, 0.05) is 0 Å². The maximum absolute atomic E-state index is 2.44. The monoisotopic (exact) mass is 426 g/mol. The van der Waals surface area contributed by atoms with Gasteiger partial charge in [-0.3, -0.25) is 0 Å². The number of hydrogen-bond donors (Lipinski definition) is 0. The summed E-state index contributed by atoms with van der Waals surface area (Å²) >= 11 is 2.31. The van der Waals surface area contributed by atoms with Gasteiger partial charge in [-0.25, -0.2) is 0 Å². The zero-order valence-electron chi connectivity index (χ0n) is 14.2. The van der Waals surface area contributed by atoms with E-state index in [0.29, 0.717) is 5.92 Å². The Kier molecular flexibility index (Phi) is 11.8. The van der Waals surface area contributed by atoms with Crippen LogP contribution in [-0.4, -0.2) is 0 Å². The Labute approximate surface area is 181 Å². The molecular formula is C21H21Cl3Ti. The summed E-state index contributed by atoms with van der Waals surface area (Å²) in [4.78, 5) is 0. The van der Waals surface area contributed by atoms with Gasteiger partial charge in [-0.05, 0) is 0 Å². The van der Waals surface area contributed by atoms with Crippen LogP contribution in [0.15, 0.2) is 81.8 Å². The molecule has 0 aliphatic heterocycles. The third-order valence-electron chi connectivity index (χ3n) is 4.34. The number of hydrogen-bond acceptors (Lipinski definition) is 0. The van der Waals surface area contributed by atoms with Crippen molar-refractivity contribution in [2.75, 3.05) is 0 Å². The summed E-state index contributed by atoms with van der Waals surface area (Å²) in [5.74, 6) is 0.382. The quantitative estimate of drug-likeness (QED) is 0.440. The Morgan fingerprint density at radius 2 is 1.32 bits per heavy atom. The molecular weight excluding hydrogens is 406 g/mol. The van der Waals surface area contributed by atoms with Gasteiger partial charge in [0.05, 0.1) is 0 Å². The van der Waals surface area contributed by atoms with Gasteiger partial charge in [0.15, 0.2) is 0 Å². The number of allylic oxidation sites excluding steroid dienone is 4. The molecule has 0 atom stereocenters. The molecule has 0 saturated carbocycles. The Morgan fingerprint density at radius 3 is 1.76 bits per heavy atom. The van der Waals surface area contributed by atoms with Crippen molar-refractivity contribution in [2.24, 2.45) is 0 Å². The van der Waals surface area contributed by atoms with Crippen molar-refractivity contribution in [3.8, 4) is 0 Å². The number of rotatable bonds is 5. The van der Waals surface area contributed by atoms with Crippen LogP contribution in [-0.2, 0) is 20.4 Å². The van der Waals surface area contributed by atoms with Gasteiger partial charge < -0.3 is 37.2 Å². The molecule has 4 heteroatoms. The summed E-state index contributed by atoms with van der Waals surface area (Å²) in [6, 6.07) is 21.8. The molecule has 0 amide bonds. The van der Waals surface area contributed by atoms with Crippen LogP contribution in [0.3, 0.4) is 0 Å². The minimum Gasteiger partial charge on any atom is -1.00 e. The van der Waals surface area contributed by atoms with E-state index in [1.165, 1.54) is 27.8 Å². The molecule has 130 valence electrons. The van der Waals surface area contributed by atoms with E-state index in [9.17, 15) is 0 Å². The van der Waals surface area contributed by atoms with Crippen molar-refractivity contribution in [3.63, 3.8) is 0 Å². The minimum atomic E-state index is 0. The van der Waals surface area contributed by atoms with Crippen LogP contribution in [0.4, 0.5) is 0 Å². The Hall–Kier alpha value is -0.496. The fourth-order valence-electron chi connectivity index (χ4n) is 3.29. The van der Waals surface area contributed by atoms with E-state index in [2.05, 4.69) is 94.1 Å². The van der Waals surface area contributed by atoms with E-state index in [1.54, 1.807) is 11.1 Å². The van der Waals surface area contributed by atoms with Gasteiger partial charge in [0.25, 0.3) is 0 Å². The van der Waals surface area contributed by atoms with Crippen LogP contribution in [0.5, 0.6) is 0 Å². The maximum atomic E-state index is 2.44. The fourth-order valence-corrected chi connectivity index (χ4v) is 4.03. The summed E-state index contributed by atoms with van der Waals surface area (Å²) < 4.78 is 1.51. The summed E-state index contributed by atoms with van der Waals surface area (Å²) in [6.45, 7) is 2.26. The van der Waals surface area contributed by atoms with Crippen molar-refractivity contribution in [1.29, 1.82) is 0 Å². The fraction of sp³-hybridized carbons (Fsp3) is 0.238. The first-order valence-electron chi connectivity index (χ1n) is 8.05. The van der Waals surface area contributed by atoms with Crippen molar-refractivity contribution in [1.82, 2.24) is 0 Å². The molecule has 0 fully saturated rings. The second kappa shape index (κ2) is 12.0. The van der Waals surface area contributed by atoms with E-state index in [0.717, 1.165) is 6.42 Å². The van der Waals surface area contributed by atoms with E-state index in [-0.39, 0.29) is 37.2 Å². The van der Waals surface area contributed by atoms with Crippen LogP contribution in [0.2, 0.25) is 0 Å². The van der Waals surface area contributed by atoms with Crippen molar-refractivity contribution in [3.05, 3.63) is 92.9 Å². The molecule has 0 radical (unpaired) electrons. The molecule has 0 saturated heterocycles. The minimum absolute atomic E-state index is 0. The van der Waals surface area contributed by atoms with Gasteiger partial charge in [0.2, 0.25) is 0 Å². The summed E-state index contributed by atoms with van der Waals surface area (Å²) in [7, 11) is 0. The predicted molar refractivity (Wildman–Crippen MR) is 89.4 cm³/mol. The van der Waals surface area contributed by atoms with Gasteiger partial charge in [0.1, 0.15) is 0 Å². The van der Waals surface area contributed by atoms with E-state index in [4.69, 9.17) is 0 Å². The second-order valence-corrected chi connectivity index (χ2v) is 6.62. The van der Waals surface area contributed by atoms with Crippen molar-refractivity contribution in [2.45, 2.75) is 32.1 Å². The topological polar surface area (TPSA) is 0 Å². The first-order chi connectivity index (χ1) is 10.8. The normalized spacial score (nSPS) is 12.9. The van der Waals surface area contributed by atoms with Crippen LogP contribution >= 0.6 is 0 Å². The molecule has 2 aromatic rings. The molecule has 25 heavy (non-hydrogen) atoms. The Balaban J connectivity index is 0.00000192. The summed E-state index contributed by atoms with van der Waals surface area (Å²) in [6.07, 6.45) is 5.95. The smallest absolute Gasteiger partial charge is 1.00 e. The zero-order chi connectivity index (χ0) is 15.4. The zero-order valence-corrected chi connectivity index (χ0v) is 18.0. The Morgan fingerprint density at radius 1 is 0.840 bits per heavy atom. The SMILES string of the molecule is CCCC1=CCC(C(c2ccccc2)c2ccccc2)=[C]1[Ti+3].[Cl-].[Cl-].[Cl-]. The Bertz CT molecular complexity index is 654. The van der Waals surface area contributed by atoms with Crippen LogP contribution in [0.25, 0.3) is 0 Å². The van der Waals surface area contributed by atoms with E-state index in [1.807, 2.05) is 0 Å². The first kappa shape index (κ1) is 24.5. The van der Waals surface area contributed by atoms with Gasteiger partial charge in [-0.1, -0.05) is 0 Å². The molecule has 1 aliphatic rings. The summed E-state index contributed by atoms with van der Waals surface area (Å²) in [5.41, 5.74) is 5.92. The molecule has 0 unspecified atom stereocenters. The molecule has 0 nitrogen and oxygen atoms in total. The van der Waals surface area contributed by atoms with Crippen molar-refractivity contribution >= 4 is 0 Å². The number of benzene rings is 2. The summed E-state index contributed by atoms with van der Waals surface area (Å²) in [5, 5.41) is 0. The van der Waals surface area contributed by atoms with Gasteiger partial charge in [-0.2, -0.15) is 0 Å². The van der Waals surface area contributed by atoms with Crippen LogP contribution < -0.4 is 37.2 Å². The molecule has 0 heterocycles. The molecule has 2 aromatic carbocycles. The molecule has 0 spiro atoms. The van der Waals surface area contributed by atoms with E-state index < -0.39 is 0 Å². The van der Waals surface area contributed by atoms with Crippen molar-refractivity contribution < 1.29 is 57.7 Å². The standard InChI is InChI=1S/C21H21.3ClH.Ti/c1-2-9-17-14-15-20(16-17)21(18-10-5-3-6-11-18)19-12-7-4-8-13-19;;;;/h3-8,10-14,21H,2,9,15H2,1H3;3*1H;/q;;;;+3/p-3. The first-order valence-corrected chi connectivity index (χ1v) is 8.83. The molecule has 1 aliphatic carbocycles. The van der Waals surface area contributed by atoms with E-state index >= 15 is 0 Å². The third kappa shape index (κ3) is 5.74. The van der Waals surface area contributed by atoms with Gasteiger partial charge >= 0.3 is 145 Å². The third-order valence-corrected chi connectivity index (χ3v) is 5.35. The largest absolute Gasteiger partial charge is 1.00 e.